The van der Waals surface area contributed by atoms with Crippen LogP contribution in [0.5, 0.6) is 0 Å². The Kier molecular flexibility index (Phi) is 4.00. The van der Waals surface area contributed by atoms with Crippen molar-refractivity contribution in [1.82, 2.24) is 0 Å². The molecule has 0 aliphatic carbocycles. The second-order valence-electron chi connectivity index (χ2n) is 7.30. The van der Waals surface area contributed by atoms with E-state index in [4.69, 9.17) is 0 Å². The molecule has 2 heteroatoms. The van der Waals surface area contributed by atoms with Crippen LogP contribution >= 0.6 is 0 Å². The molecule has 1 atom stereocenters. The van der Waals surface area contributed by atoms with E-state index in [1.807, 2.05) is 4.82 Å². The molecule has 0 aromatic heterocycles. The molecule has 0 N–H and O–H groups in total. The zero-order valence-corrected chi connectivity index (χ0v) is 16.1. The van der Waals surface area contributed by atoms with E-state index in [1.54, 1.807) is 16.3 Å². The first-order chi connectivity index (χ1) is 9.23. The summed E-state index contributed by atoms with van der Waals surface area (Å²) in [5.74, 6) is 0. The predicted octanol–water partition coefficient (Wildman–Crippen LogP) is 5.84. The van der Waals surface area contributed by atoms with Gasteiger partial charge in [0.15, 0.2) is 0 Å². The summed E-state index contributed by atoms with van der Waals surface area (Å²) in [5, 5.41) is 1.70. The molecule has 1 aromatic rings. The number of hydrogen-bond donors (Lipinski definition) is 0. The third-order valence-electron chi connectivity index (χ3n) is 4.94. The maximum absolute atomic E-state index is 2.60. The molecule has 1 aliphatic rings. The highest BCUT2D eigenvalue weighted by atomic mass is 28.4. The first kappa shape index (κ1) is 15.5. The molecule has 1 heterocycles. The second-order valence-corrected chi connectivity index (χ2v) is 17.2. The van der Waals surface area contributed by atoms with Gasteiger partial charge in [-0.15, -0.1) is 0 Å². The molecule has 0 saturated carbocycles. The number of benzene rings is 1. The Balaban J connectivity index is 2.68. The highest BCUT2D eigenvalue weighted by molar-refractivity contribution is 7.15. The van der Waals surface area contributed by atoms with Gasteiger partial charge in [-0.1, -0.05) is 79.9 Å². The third kappa shape index (κ3) is 2.29. The van der Waals surface area contributed by atoms with Gasteiger partial charge >= 0.3 is 0 Å². The minimum atomic E-state index is -1.50. The van der Waals surface area contributed by atoms with Crippen molar-refractivity contribution in [3.8, 4) is 0 Å². The van der Waals surface area contributed by atoms with Gasteiger partial charge in [0.05, 0.1) is 8.07 Å². The molecule has 0 saturated heterocycles. The number of allylic oxidation sites excluding steroid dienone is 2. The van der Waals surface area contributed by atoms with Crippen molar-refractivity contribution >= 4 is 21.3 Å². The number of hydrogen-bond acceptors (Lipinski definition) is 0. The summed E-state index contributed by atoms with van der Waals surface area (Å²) in [7, 11) is -2.76. The van der Waals surface area contributed by atoms with Gasteiger partial charge in [0, 0.05) is 0 Å². The monoisotopic (exact) mass is 300 g/mol. The van der Waals surface area contributed by atoms with Gasteiger partial charge in [-0.3, -0.25) is 0 Å². The zero-order valence-electron chi connectivity index (χ0n) is 14.1. The van der Waals surface area contributed by atoms with E-state index in [0.717, 1.165) is 0 Å². The van der Waals surface area contributed by atoms with Gasteiger partial charge in [-0.2, -0.15) is 0 Å². The minimum absolute atomic E-state index is 1.26. The van der Waals surface area contributed by atoms with Crippen molar-refractivity contribution in [2.45, 2.75) is 53.0 Å². The average Bonchev–Trinajstić information content (AvgIpc) is 2.58. The van der Waals surface area contributed by atoms with Crippen LogP contribution in [0, 0.1) is 0 Å². The highest BCUT2D eigenvalue weighted by Crippen LogP contribution is 2.49. The lowest BCUT2D eigenvalue weighted by Gasteiger charge is -2.36. The molecule has 0 fully saturated rings. The SMILES string of the molecule is CC[Si]1(C)C(c2ccccc2)=C(C)C(C)=C1[Si](C)(C)C. The molecule has 0 nitrogen and oxygen atoms in total. The summed E-state index contributed by atoms with van der Waals surface area (Å²) in [5.41, 5.74) is 4.66. The average molecular weight is 301 g/mol. The first-order valence-corrected chi connectivity index (χ1v) is 13.9. The van der Waals surface area contributed by atoms with Crippen LogP contribution in [0.15, 0.2) is 46.3 Å². The molecule has 1 aliphatic heterocycles. The Morgan fingerprint density at radius 3 is 1.95 bits per heavy atom. The Morgan fingerprint density at radius 2 is 1.50 bits per heavy atom. The van der Waals surface area contributed by atoms with E-state index in [0.29, 0.717) is 0 Å². The lowest BCUT2D eigenvalue weighted by Crippen LogP contribution is -2.44. The normalized spacial score (nSPS) is 23.8. The molecule has 0 amide bonds. The van der Waals surface area contributed by atoms with Crippen LogP contribution in [0.2, 0.25) is 32.2 Å². The van der Waals surface area contributed by atoms with Gasteiger partial charge in [0.2, 0.25) is 0 Å². The van der Waals surface area contributed by atoms with Gasteiger partial charge in [0.25, 0.3) is 0 Å². The number of rotatable bonds is 3. The summed E-state index contributed by atoms with van der Waals surface area (Å²) in [6, 6.07) is 12.4. The van der Waals surface area contributed by atoms with Crippen LogP contribution in [0.1, 0.15) is 26.3 Å². The lowest BCUT2D eigenvalue weighted by atomic mass is 10.1. The topological polar surface area (TPSA) is 0 Å². The minimum Gasteiger partial charge on any atom is -0.0831 e. The zero-order chi connectivity index (χ0) is 15.1. The standard InChI is InChI=1S/C18H28Si2/c1-8-20(7)17(16-12-10-9-11-13-16)14(2)15(3)18(20)19(4,5)6/h9-13H,8H2,1-7H3. The molecule has 0 radical (unpaired) electrons. The van der Waals surface area contributed by atoms with Crippen molar-refractivity contribution in [1.29, 1.82) is 0 Å². The van der Waals surface area contributed by atoms with Gasteiger partial charge in [-0.05, 0) is 30.2 Å². The molecule has 0 bridgehead atoms. The fraction of sp³-hybridized carbons (Fsp3) is 0.444. The molecule has 1 aromatic carbocycles. The second kappa shape index (κ2) is 5.16. The maximum atomic E-state index is 2.60. The van der Waals surface area contributed by atoms with Crippen LogP contribution in [-0.2, 0) is 0 Å². The van der Waals surface area contributed by atoms with Crippen LogP contribution in [0.4, 0.5) is 0 Å². The van der Waals surface area contributed by atoms with Crippen LogP contribution in [0.25, 0.3) is 5.20 Å². The van der Waals surface area contributed by atoms with Crippen molar-refractivity contribution in [3.05, 3.63) is 51.9 Å². The molecular formula is C18H28Si2. The predicted molar refractivity (Wildman–Crippen MR) is 97.2 cm³/mol. The summed E-state index contributed by atoms with van der Waals surface area (Å²) >= 11 is 0. The van der Waals surface area contributed by atoms with E-state index < -0.39 is 16.1 Å². The Bertz CT molecular complexity index is 573. The van der Waals surface area contributed by atoms with Crippen molar-refractivity contribution in [2.75, 3.05) is 0 Å². The molecular weight excluding hydrogens is 272 g/mol. The first-order valence-electron chi connectivity index (χ1n) is 7.72. The van der Waals surface area contributed by atoms with Crippen LogP contribution in [-0.4, -0.2) is 16.1 Å². The molecule has 0 spiro atoms. The maximum Gasteiger partial charge on any atom is 0.107 e. The molecule has 1 unspecified atom stereocenters. The van der Waals surface area contributed by atoms with Gasteiger partial charge < -0.3 is 0 Å². The van der Waals surface area contributed by atoms with E-state index in [-0.39, 0.29) is 0 Å². The van der Waals surface area contributed by atoms with Crippen molar-refractivity contribution < 1.29 is 0 Å². The summed E-state index contributed by atoms with van der Waals surface area (Å²) < 4.78 is 0. The Morgan fingerprint density at radius 1 is 0.950 bits per heavy atom. The molecule has 2 rings (SSSR count). The van der Waals surface area contributed by atoms with Crippen molar-refractivity contribution in [2.24, 2.45) is 0 Å². The summed E-state index contributed by atoms with van der Waals surface area (Å²) in [6.45, 7) is 17.3. The highest BCUT2D eigenvalue weighted by Gasteiger charge is 2.46. The fourth-order valence-electron chi connectivity index (χ4n) is 4.21. The van der Waals surface area contributed by atoms with Crippen LogP contribution < -0.4 is 0 Å². The van der Waals surface area contributed by atoms with E-state index in [2.05, 4.69) is 77.3 Å². The Labute approximate surface area is 126 Å². The van der Waals surface area contributed by atoms with Crippen LogP contribution in [0.3, 0.4) is 0 Å². The summed E-state index contributed by atoms with van der Waals surface area (Å²) in [4.78, 5) is 1.89. The van der Waals surface area contributed by atoms with Gasteiger partial charge in [-0.25, -0.2) is 0 Å². The lowest BCUT2D eigenvalue weighted by molar-refractivity contribution is 1.36. The quantitative estimate of drug-likeness (QED) is 0.615. The largest absolute Gasteiger partial charge is 0.107 e. The van der Waals surface area contributed by atoms with Gasteiger partial charge in [0.1, 0.15) is 8.07 Å². The van der Waals surface area contributed by atoms with E-state index >= 15 is 0 Å². The van der Waals surface area contributed by atoms with E-state index in [9.17, 15) is 0 Å². The molecule has 20 heavy (non-hydrogen) atoms. The fourth-order valence-corrected chi connectivity index (χ4v) is 16.8. The summed E-state index contributed by atoms with van der Waals surface area (Å²) in [6.07, 6.45) is 0. The van der Waals surface area contributed by atoms with Crippen molar-refractivity contribution in [3.63, 3.8) is 0 Å². The smallest absolute Gasteiger partial charge is 0.0831 e. The van der Waals surface area contributed by atoms with E-state index in [1.165, 1.54) is 11.6 Å². The third-order valence-corrected chi connectivity index (χ3v) is 15.4. The Hall–Kier alpha value is -0.866. The molecule has 108 valence electrons.